The minimum Gasteiger partial charge on any atom is -0.506 e. The number of benzene rings is 2. The average molecular weight is 545 g/mol. The maximum absolute atomic E-state index is 12.8. The first-order chi connectivity index (χ1) is 12.3. The largest absolute Gasteiger partial charge is 0.506 e. The second kappa shape index (κ2) is 7.34. The summed E-state index contributed by atoms with van der Waals surface area (Å²) < 4.78 is 1.81. The summed E-state index contributed by atoms with van der Waals surface area (Å²) in [7, 11) is 0. The van der Waals surface area contributed by atoms with Crippen LogP contribution in [0.4, 0.5) is 10.5 Å². The fourth-order valence-electron chi connectivity index (χ4n) is 2.33. The first-order valence-corrected chi connectivity index (χ1v) is 9.51. The molecular formula is C17H9Br3N2O4. The molecule has 132 valence electrons. The van der Waals surface area contributed by atoms with Crippen LogP contribution in [0, 0.1) is 0 Å². The number of imide groups is 2. The summed E-state index contributed by atoms with van der Waals surface area (Å²) in [6.07, 6.45) is 1.24. The molecule has 1 fully saturated rings. The normalized spacial score (nSPS) is 16.2. The Kier molecular flexibility index (Phi) is 5.31. The Hall–Kier alpha value is -1.97. The number of hydrogen-bond acceptors (Lipinski definition) is 4. The van der Waals surface area contributed by atoms with Gasteiger partial charge in [0.25, 0.3) is 11.8 Å². The first-order valence-electron chi connectivity index (χ1n) is 7.13. The van der Waals surface area contributed by atoms with Crippen molar-refractivity contribution in [3.05, 3.63) is 61.0 Å². The molecule has 0 saturated carbocycles. The van der Waals surface area contributed by atoms with Gasteiger partial charge in [-0.3, -0.25) is 14.9 Å². The molecule has 2 N–H and O–H groups in total. The molecule has 2 aromatic rings. The van der Waals surface area contributed by atoms with Crippen molar-refractivity contribution in [2.24, 2.45) is 0 Å². The SMILES string of the molecule is O=C1NC(=O)N(c2ccc(Br)cc2)C(=O)/C1=C/c1cc(Br)cc(Br)c1O. The van der Waals surface area contributed by atoms with E-state index in [0.717, 1.165) is 9.37 Å². The Balaban J connectivity index is 2.07. The van der Waals surface area contributed by atoms with Gasteiger partial charge >= 0.3 is 6.03 Å². The highest BCUT2D eigenvalue weighted by Crippen LogP contribution is 2.34. The number of aromatic hydroxyl groups is 1. The molecule has 1 heterocycles. The summed E-state index contributed by atoms with van der Waals surface area (Å²) >= 11 is 9.76. The van der Waals surface area contributed by atoms with Crippen molar-refractivity contribution in [3.8, 4) is 5.75 Å². The molecule has 3 rings (SSSR count). The molecule has 0 aliphatic carbocycles. The Labute approximate surface area is 173 Å². The molecule has 0 radical (unpaired) electrons. The van der Waals surface area contributed by atoms with Crippen molar-refractivity contribution >= 4 is 77.4 Å². The molecule has 6 nitrogen and oxygen atoms in total. The number of barbiturate groups is 1. The number of halogens is 3. The lowest BCUT2D eigenvalue weighted by Gasteiger charge is -2.26. The van der Waals surface area contributed by atoms with E-state index in [4.69, 9.17) is 0 Å². The molecule has 0 aromatic heterocycles. The molecule has 0 unspecified atom stereocenters. The number of rotatable bonds is 2. The lowest BCUT2D eigenvalue weighted by atomic mass is 10.1. The highest BCUT2D eigenvalue weighted by atomic mass is 79.9. The first kappa shape index (κ1) is 18.8. The second-order valence-electron chi connectivity index (χ2n) is 5.26. The number of phenolic OH excluding ortho intramolecular Hbond substituents is 1. The van der Waals surface area contributed by atoms with Gasteiger partial charge in [0.2, 0.25) is 0 Å². The zero-order valence-corrected chi connectivity index (χ0v) is 17.6. The number of urea groups is 1. The van der Waals surface area contributed by atoms with Crippen LogP contribution in [-0.2, 0) is 9.59 Å². The van der Waals surface area contributed by atoms with Gasteiger partial charge in [-0.1, -0.05) is 31.9 Å². The molecule has 2 aromatic carbocycles. The van der Waals surface area contributed by atoms with Crippen molar-refractivity contribution in [1.29, 1.82) is 0 Å². The van der Waals surface area contributed by atoms with Crippen LogP contribution in [0.1, 0.15) is 5.56 Å². The van der Waals surface area contributed by atoms with Crippen LogP contribution >= 0.6 is 47.8 Å². The molecule has 1 aliphatic heterocycles. The number of nitrogens with zero attached hydrogens (tertiary/aromatic N) is 1. The van der Waals surface area contributed by atoms with Crippen molar-refractivity contribution in [2.45, 2.75) is 0 Å². The minimum absolute atomic E-state index is 0.131. The van der Waals surface area contributed by atoms with Gasteiger partial charge in [-0.15, -0.1) is 0 Å². The van der Waals surface area contributed by atoms with Crippen LogP contribution in [0.3, 0.4) is 0 Å². The van der Waals surface area contributed by atoms with E-state index in [1.165, 1.54) is 6.08 Å². The molecule has 1 saturated heterocycles. The molecule has 0 atom stereocenters. The highest BCUT2D eigenvalue weighted by Gasteiger charge is 2.37. The summed E-state index contributed by atoms with van der Waals surface area (Å²) in [5.41, 5.74) is 0.288. The fourth-order valence-corrected chi connectivity index (χ4v) is 3.86. The number of carbonyl (C=O) groups excluding carboxylic acids is 3. The van der Waals surface area contributed by atoms with Crippen molar-refractivity contribution in [1.82, 2.24) is 5.32 Å². The minimum atomic E-state index is -0.834. The van der Waals surface area contributed by atoms with Gasteiger partial charge in [-0.25, -0.2) is 9.69 Å². The zero-order valence-electron chi connectivity index (χ0n) is 12.8. The quantitative estimate of drug-likeness (QED) is 0.435. The van der Waals surface area contributed by atoms with Crippen molar-refractivity contribution < 1.29 is 19.5 Å². The number of nitrogens with one attached hydrogen (secondary N) is 1. The molecule has 0 bridgehead atoms. The fraction of sp³-hybridized carbons (Fsp3) is 0. The summed E-state index contributed by atoms with van der Waals surface area (Å²) in [6, 6.07) is 8.83. The van der Waals surface area contributed by atoms with E-state index in [1.807, 2.05) is 0 Å². The van der Waals surface area contributed by atoms with Gasteiger partial charge in [0.15, 0.2) is 0 Å². The van der Waals surface area contributed by atoms with Crippen LogP contribution in [0.2, 0.25) is 0 Å². The van der Waals surface area contributed by atoms with Crippen LogP contribution in [-0.4, -0.2) is 23.0 Å². The Morgan fingerprint density at radius 2 is 1.62 bits per heavy atom. The van der Waals surface area contributed by atoms with Crippen molar-refractivity contribution in [2.75, 3.05) is 4.90 Å². The summed E-state index contributed by atoms with van der Waals surface area (Å²) in [5, 5.41) is 12.3. The topological polar surface area (TPSA) is 86.7 Å². The van der Waals surface area contributed by atoms with Gasteiger partial charge in [0, 0.05) is 14.5 Å². The van der Waals surface area contributed by atoms with E-state index in [9.17, 15) is 19.5 Å². The highest BCUT2D eigenvalue weighted by molar-refractivity contribution is 9.11. The van der Waals surface area contributed by atoms with Gasteiger partial charge in [0.05, 0.1) is 10.2 Å². The third-order valence-corrected chi connectivity index (χ3v) is 5.13. The van der Waals surface area contributed by atoms with E-state index < -0.39 is 17.8 Å². The summed E-state index contributed by atoms with van der Waals surface area (Å²) in [5.74, 6) is -1.74. The van der Waals surface area contributed by atoms with E-state index in [1.54, 1.807) is 36.4 Å². The average Bonchev–Trinajstić information content (AvgIpc) is 2.57. The lowest BCUT2D eigenvalue weighted by molar-refractivity contribution is -0.122. The molecular weight excluding hydrogens is 536 g/mol. The predicted octanol–water partition coefficient (Wildman–Crippen LogP) is 4.35. The summed E-state index contributed by atoms with van der Waals surface area (Å²) in [6.45, 7) is 0. The zero-order chi connectivity index (χ0) is 19.0. The smallest absolute Gasteiger partial charge is 0.335 e. The van der Waals surface area contributed by atoms with Gasteiger partial charge in [-0.2, -0.15) is 0 Å². The third-order valence-electron chi connectivity index (χ3n) is 3.54. The second-order valence-corrected chi connectivity index (χ2v) is 7.95. The van der Waals surface area contributed by atoms with E-state index >= 15 is 0 Å². The van der Waals surface area contributed by atoms with Gasteiger partial charge in [-0.05, 0) is 58.4 Å². The third kappa shape index (κ3) is 3.60. The van der Waals surface area contributed by atoms with Crippen molar-refractivity contribution in [3.63, 3.8) is 0 Å². The van der Waals surface area contributed by atoms with Crippen LogP contribution in [0.15, 0.2) is 55.4 Å². The monoisotopic (exact) mass is 542 g/mol. The predicted molar refractivity (Wildman–Crippen MR) is 107 cm³/mol. The van der Waals surface area contributed by atoms with Crippen LogP contribution < -0.4 is 10.2 Å². The Morgan fingerprint density at radius 1 is 0.962 bits per heavy atom. The van der Waals surface area contributed by atoms with E-state index in [2.05, 4.69) is 53.1 Å². The van der Waals surface area contributed by atoms with Gasteiger partial charge in [0.1, 0.15) is 11.3 Å². The van der Waals surface area contributed by atoms with Gasteiger partial charge < -0.3 is 5.11 Å². The van der Waals surface area contributed by atoms with Crippen LogP contribution in [0.5, 0.6) is 5.75 Å². The molecule has 9 heteroatoms. The number of amides is 4. The number of phenols is 1. The molecule has 0 spiro atoms. The number of hydrogen-bond donors (Lipinski definition) is 2. The van der Waals surface area contributed by atoms with E-state index in [0.29, 0.717) is 14.6 Å². The van der Waals surface area contributed by atoms with E-state index in [-0.39, 0.29) is 16.9 Å². The number of anilines is 1. The van der Waals surface area contributed by atoms with Crippen LogP contribution in [0.25, 0.3) is 6.08 Å². The Bertz CT molecular complexity index is 971. The maximum Gasteiger partial charge on any atom is 0.335 e. The molecule has 1 aliphatic rings. The lowest BCUT2D eigenvalue weighted by Crippen LogP contribution is -2.54. The number of carbonyl (C=O) groups is 3. The Morgan fingerprint density at radius 3 is 2.27 bits per heavy atom. The summed E-state index contributed by atoms with van der Waals surface area (Å²) in [4.78, 5) is 38.0. The molecule has 26 heavy (non-hydrogen) atoms. The molecule has 4 amide bonds. The maximum atomic E-state index is 12.8. The standard InChI is InChI=1S/C17H9Br3N2O4/c18-9-1-3-11(4-2-9)22-16(25)12(15(24)21-17(22)26)6-8-5-10(19)7-13(20)14(8)23/h1-7,23H,(H,21,24,26)/b12-6+.